The van der Waals surface area contributed by atoms with Crippen LogP contribution in [0.5, 0.6) is 0 Å². The maximum absolute atomic E-state index is 13.3. The SMILES string of the molecule is COP(=O)(CC=C(C)C)C1c2cc(Cl)ccc2NC1C(N)=O. The van der Waals surface area contributed by atoms with E-state index < -0.39 is 25.0 Å². The molecule has 0 fully saturated rings. The van der Waals surface area contributed by atoms with Crippen LogP contribution < -0.4 is 11.1 Å². The topological polar surface area (TPSA) is 81.4 Å². The van der Waals surface area contributed by atoms with Crippen LogP contribution in [-0.4, -0.2) is 25.2 Å². The predicted octanol–water partition coefficient (Wildman–Crippen LogP) is 3.55. The highest BCUT2D eigenvalue weighted by atomic mass is 35.5. The summed E-state index contributed by atoms with van der Waals surface area (Å²) in [4.78, 5) is 11.8. The maximum atomic E-state index is 13.3. The summed E-state index contributed by atoms with van der Waals surface area (Å²) < 4.78 is 18.7. The second-order valence-corrected chi connectivity index (χ2v) is 8.75. The minimum absolute atomic E-state index is 0.244. The van der Waals surface area contributed by atoms with Crippen LogP contribution >= 0.6 is 19.0 Å². The summed E-state index contributed by atoms with van der Waals surface area (Å²) in [5, 5.41) is 3.55. The van der Waals surface area contributed by atoms with Crippen LogP contribution in [0.25, 0.3) is 0 Å². The largest absolute Gasteiger partial charge is 0.373 e. The van der Waals surface area contributed by atoms with Crippen molar-refractivity contribution in [3.8, 4) is 0 Å². The zero-order valence-electron chi connectivity index (χ0n) is 12.8. The Morgan fingerprint density at radius 2 is 2.18 bits per heavy atom. The number of nitrogens with one attached hydrogen (secondary N) is 1. The molecular weight excluding hydrogens is 323 g/mol. The fraction of sp³-hybridized carbons (Fsp3) is 0.400. The third-order valence-electron chi connectivity index (χ3n) is 3.75. The van der Waals surface area contributed by atoms with Gasteiger partial charge in [-0.15, -0.1) is 0 Å². The predicted molar refractivity (Wildman–Crippen MR) is 89.7 cm³/mol. The van der Waals surface area contributed by atoms with E-state index in [1.54, 1.807) is 18.2 Å². The molecule has 0 saturated heterocycles. The standard InChI is InChI=1S/C15H20ClN2O3P/c1-9(2)6-7-22(20,21-3)14-11-8-10(16)4-5-12(11)18-13(14)15(17)19/h4-6,8,13-14,18H,7H2,1-3H3,(H2,17,19). The molecule has 3 atom stereocenters. The zero-order valence-corrected chi connectivity index (χ0v) is 14.4. The quantitative estimate of drug-likeness (QED) is 0.633. The van der Waals surface area contributed by atoms with Crippen molar-refractivity contribution in [1.82, 2.24) is 0 Å². The lowest BCUT2D eigenvalue weighted by molar-refractivity contribution is -0.118. The molecule has 1 amide bonds. The molecule has 3 unspecified atom stereocenters. The van der Waals surface area contributed by atoms with Gasteiger partial charge in [0.2, 0.25) is 13.3 Å². The van der Waals surface area contributed by atoms with Crippen LogP contribution in [0.15, 0.2) is 29.8 Å². The number of halogens is 1. The molecule has 1 aromatic carbocycles. The summed E-state index contributed by atoms with van der Waals surface area (Å²) in [5.74, 6) is -0.563. The molecule has 0 aliphatic carbocycles. The molecule has 1 aromatic rings. The van der Waals surface area contributed by atoms with Gasteiger partial charge in [0, 0.05) is 24.0 Å². The summed E-state index contributed by atoms with van der Waals surface area (Å²) in [5.41, 5.74) is 7.31. The number of carbonyl (C=O) groups is 1. The number of anilines is 1. The van der Waals surface area contributed by atoms with Gasteiger partial charge in [-0.25, -0.2) is 0 Å². The second kappa shape index (κ2) is 6.45. The molecule has 1 aliphatic heterocycles. The first kappa shape index (κ1) is 17.1. The van der Waals surface area contributed by atoms with Gasteiger partial charge in [0.15, 0.2) is 0 Å². The van der Waals surface area contributed by atoms with E-state index in [4.69, 9.17) is 21.9 Å². The van der Waals surface area contributed by atoms with E-state index in [0.29, 0.717) is 16.3 Å². The Kier molecular flexibility index (Phi) is 5.00. The van der Waals surface area contributed by atoms with Crippen molar-refractivity contribution in [3.63, 3.8) is 0 Å². The van der Waals surface area contributed by atoms with Gasteiger partial charge in [-0.2, -0.15) is 0 Å². The average molecular weight is 343 g/mol. The van der Waals surface area contributed by atoms with Gasteiger partial charge >= 0.3 is 0 Å². The number of carbonyl (C=O) groups excluding carboxylic acids is 1. The Hall–Kier alpha value is -1.29. The molecule has 2 rings (SSSR count). The van der Waals surface area contributed by atoms with E-state index in [0.717, 1.165) is 5.57 Å². The summed E-state index contributed by atoms with van der Waals surface area (Å²) in [6.45, 7) is 3.84. The molecule has 7 heteroatoms. The Balaban J connectivity index is 2.53. The van der Waals surface area contributed by atoms with Crippen molar-refractivity contribution < 1.29 is 13.9 Å². The van der Waals surface area contributed by atoms with Crippen molar-refractivity contribution in [3.05, 3.63) is 40.4 Å². The lowest BCUT2D eigenvalue weighted by Crippen LogP contribution is -2.36. The Morgan fingerprint density at radius 1 is 1.50 bits per heavy atom. The molecule has 3 N–H and O–H groups in total. The number of nitrogens with two attached hydrogens (primary N) is 1. The van der Waals surface area contributed by atoms with Gasteiger partial charge in [0.05, 0.1) is 5.66 Å². The van der Waals surface area contributed by atoms with Crippen LogP contribution in [0.3, 0.4) is 0 Å². The monoisotopic (exact) mass is 342 g/mol. The molecule has 120 valence electrons. The first-order chi connectivity index (χ1) is 10.3. The van der Waals surface area contributed by atoms with Gasteiger partial charge in [-0.1, -0.05) is 23.3 Å². The van der Waals surface area contributed by atoms with E-state index in [2.05, 4.69) is 5.32 Å². The fourth-order valence-electron chi connectivity index (χ4n) is 2.61. The van der Waals surface area contributed by atoms with E-state index in [9.17, 15) is 9.36 Å². The van der Waals surface area contributed by atoms with Crippen molar-refractivity contribution in [1.29, 1.82) is 0 Å². The van der Waals surface area contributed by atoms with Crippen LogP contribution in [0.2, 0.25) is 5.02 Å². The first-order valence-electron chi connectivity index (χ1n) is 6.91. The summed E-state index contributed by atoms with van der Waals surface area (Å²) in [7, 11) is -1.76. The minimum atomic E-state index is -3.16. The molecule has 0 saturated carbocycles. The number of fused-ring (bicyclic) bond motifs is 1. The molecule has 0 aromatic heterocycles. The molecule has 0 bridgehead atoms. The van der Waals surface area contributed by atoms with E-state index in [1.165, 1.54) is 7.11 Å². The Labute approximate surface area is 135 Å². The minimum Gasteiger partial charge on any atom is -0.373 e. The summed E-state index contributed by atoms with van der Waals surface area (Å²) >= 11 is 6.05. The number of allylic oxidation sites excluding steroid dienone is 2. The number of hydrogen-bond donors (Lipinski definition) is 2. The number of rotatable bonds is 5. The molecule has 0 spiro atoms. The lowest BCUT2D eigenvalue weighted by atomic mass is 10.1. The zero-order chi connectivity index (χ0) is 16.5. The van der Waals surface area contributed by atoms with Crippen molar-refractivity contribution in [2.24, 2.45) is 5.73 Å². The van der Waals surface area contributed by atoms with E-state index >= 15 is 0 Å². The van der Waals surface area contributed by atoms with Crippen molar-refractivity contribution in [2.45, 2.75) is 25.5 Å². The van der Waals surface area contributed by atoms with Crippen molar-refractivity contribution in [2.75, 3.05) is 18.6 Å². The van der Waals surface area contributed by atoms with Crippen LogP contribution in [0.4, 0.5) is 5.69 Å². The molecular formula is C15H20ClN2O3P. The lowest BCUT2D eigenvalue weighted by Gasteiger charge is -2.26. The summed E-state index contributed by atoms with van der Waals surface area (Å²) in [6.07, 6.45) is 2.10. The average Bonchev–Trinajstić information content (AvgIpc) is 2.84. The van der Waals surface area contributed by atoms with Gasteiger partial charge in [-0.05, 0) is 37.6 Å². The Bertz CT molecular complexity index is 671. The first-order valence-corrected chi connectivity index (χ1v) is 9.17. The molecule has 5 nitrogen and oxygen atoms in total. The van der Waals surface area contributed by atoms with Crippen LogP contribution in [-0.2, 0) is 13.9 Å². The number of amides is 1. The van der Waals surface area contributed by atoms with E-state index in [-0.39, 0.29) is 6.16 Å². The van der Waals surface area contributed by atoms with Gasteiger partial charge in [0.25, 0.3) is 0 Å². The maximum Gasteiger partial charge on any atom is 0.241 e. The molecule has 0 radical (unpaired) electrons. The molecule has 1 heterocycles. The Morgan fingerprint density at radius 3 is 2.73 bits per heavy atom. The highest BCUT2D eigenvalue weighted by Gasteiger charge is 2.47. The number of benzene rings is 1. The smallest absolute Gasteiger partial charge is 0.241 e. The van der Waals surface area contributed by atoms with Crippen molar-refractivity contribution >= 4 is 30.6 Å². The molecule has 1 aliphatic rings. The fourth-order valence-corrected chi connectivity index (χ4v) is 5.33. The number of primary amides is 1. The van der Waals surface area contributed by atoms with E-state index in [1.807, 2.05) is 19.9 Å². The van der Waals surface area contributed by atoms with Gasteiger partial charge in [0.1, 0.15) is 6.04 Å². The molecule has 22 heavy (non-hydrogen) atoms. The van der Waals surface area contributed by atoms with Gasteiger partial charge in [-0.3, -0.25) is 9.36 Å². The second-order valence-electron chi connectivity index (χ2n) is 5.57. The summed E-state index contributed by atoms with van der Waals surface area (Å²) in [6, 6.07) is 4.41. The third kappa shape index (κ3) is 3.22. The highest BCUT2D eigenvalue weighted by Crippen LogP contribution is 2.64. The van der Waals surface area contributed by atoms with Gasteiger partial charge < -0.3 is 15.6 Å². The third-order valence-corrected chi connectivity index (χ3v) is 6.72. The normalized spacial score (nSPS) is 22.4. The highest BCUT2D eigenvalue weighted by molar-refractivity contribution is 7.59. The van der Waals surface area contributed by atoms with Crippen LogP contribution in [0.1, 0.15) is 25.1 Å². The number of hydrogen-bond acceptors (Lipinski definition) is 4. The van der Waals surface area contributed by atoms with Crippen LogP contribution in [0, 0.1) is 0 Å².